The molecule has 1 aromatic rings. The van der Waals surface area contributed by atoms with Crippen LogP contribution in [-0.2, 0) is 9.53 Å². The molecule has 0 bridgehead atoms. The average molecular weight is 295 g/mol. The fourth-order valence-corrected chi connectivity index (χ4v) is 1.73. The van der Waals surface area contributed by atoms with E-state index in [0.717, 1.165) is 0 Å². The maximum Gasteiger partial charge on any atom is 0.342 e. The van der Waals surface area contributed by atoms with Crippen molar-refractivity contribution in [1.82, 2.24) is 5.32 Å². The van der Waals surface area contributed by atoms with Crippen LogP contribution in [0.15, 0.2) is 18.2 Å². The van der Waals surface area contributed by atoms with Crippen LogP contribution in [0.4, 0.5) is 0 Å². The second-order valence-electron chi connectivity index (χ2n) is 4.75. The molecule has 0 aliphatic rings. The molecule has 1 unspecified atom stereocenters. The number of esters is 1. The van der Waals surface area contributed by atoms with Crippen LogP contribution in [-0.4, -0.2) is 38.2 Å². The van der Waals surface area contributed by atoms with E-state index < -0.39 is 12.1 Å². The zero-order valence-corrected chi connectivity index (χ0v) is 12.9. The summed E-state index contributed by atoms with van der Waals surface area (Å²) in [5.41, 5.74) is 0.209. The lowest BCUT2D eigenvalue weighted by atomic mass is 10.2. The van der Waals surface area contributed by atoms with Crippen molar-refractivity contribution >= 4 is 11.9 Å². The van der Waals surface area contributed by atoms with E-state index >= 15 is 0 Å². The standard InChI is InChI=1S/C15H21NO5/c1-9(2)16-14(17)10(3)21-15(18)11-7-6-8-12(19-4)13(11)20-5/h6-10H,1-5H3,(H,16,17). The summed E-state index contributed by atoms with van der Waals surface area (Å²) in [5.74, 6) is -0.287. The van der Waals surface area contributed by atoms with E-state index in [2.05, 4.69) is 5.32 Å². The summed E-state index contributed by atoms with van der Waals surface area (Å²) in [5, 5.41) is 2.68. The predicted octanol–water partition coefficient (Wildman–Crippen LogP) is 1.77. The second kappa shape index (κ2) is 7.52. The minimum Gasteiger partial charge on any atom is -0.493 e. The smallest absolute Gasteiger partial charge is 0.342 e. The monoisotopic (exact) mass is 295 g/mol. The number of nitrogens with one attached hydrogen (secondary N) is 1. The molecular formula is C15H21NO5. The molecule has 0 radical (unpaired) electrons. The first-order valence-corrected chi connectivity index (χ1v) is 6.63. The van der Waals surface area contributed by atoms with Gasteiger partial charge < -0.3 is 19.5 Å². The number of para-hydroxylation sites is 1. The average Bonchev–Trinajstić information content (AvgIpc) is 2.45. The number of hydrogen-bond donors (Lipinski definition) is 1. The van der Waals surface area contributed by atoms with E-state index in [1.165, 1.54) is 21.1 Å². The molecule has 0 saturated carbocycles. The Morgan fingerprint density at radius 2 is 1.76 bits per heavy atom. The van der Waals surface area contributed by atoms with Crippen LogP contribution in [0.1, 0.15) is 31.1 Å². The maximum atomic E-state index is 12.2. The highest BCUT2D eigenvalue weighted by Crippen LogP contribution is 2.31. The van der Waals surface area contributed by atoms with Crippen molar-refractivity contribution in [3.63, 3.8) is 0 Å². The molecule has 0 heterocycles. The Morgan fingerprint density at radius 1 is 1.10 bits per heavy atom. The highest BCUT2D eigenvalue weighted by molar-refractivity contribution is 5.95. The number of benzene rings is 1. The highest BCUT2D eigenvalue weighted by Gasteiger charge is 2.23. The lowest BCUT2D eigenvalue weighted by Crippen LogP contribution is -2.39. The lowest BCUT2D eigenvalue weighted by Gasteiger charge is -2.17. The molecule has 6 nitrogen and oxygen atoms in total. The van der Waals surface area contributed by atoms with E-state index in [1.54, 1.807) is 18.2 Å². The fourth-order valence-electron chi connectivity index (χ4n) is 1.73. The molecule has 21 heavy (non-hydrogen) atoms. The number of carbonyl (C=O) groups excluding carboxylic acids is 2. The van der Waals surface area contributed by atoms with E-state index in [4.69, 9.17) is 14.2 Å². The van der Waals surface area contributed by atoms with Crippen molar-refractivity contribution in [1.29, 1.82) is 0 Å². The van der Waals surface area contributed by atoms with Crippen molar-refractivity contribution in [3.8, 4) is 11.5 Å². The molecule has 0 spiro atoms. The van der Waals surface area contributed by atoms with Crippen LogP contribution in [0.25, 0.3) is 0 Å². The Labute approximate surface area is 124 Å². The van der Waals surface area contributed by atoms with E-state index in [-0.39, 0.29) is 23.3 Å². The van der Waals surface area contributed by atoms with Gasteiger partial charge >= 0.3 is 5.97 Å². The minimum absolute atomic E-state index is 0.0231. The Kier molecular flexibility index (Phi) is 6.02. The number of ether oxygens (including phenoxy) is 3. The van der Waals surface area contributed by atoms with Gasteiger partial charge in [0.15, 0.2) is 17.6 Å². The summed E-state index contributed by atoms with van der Waals surface area (Å²) < 4.78 is 15.4. The van der Waals surface area contributed by atoms with E-state index in [1.807, 2.05) is 13.8 Å². The molecule has 0 aliphatic heterocycles. The molecule has 116 valence electrons. The van der Waals surface area contributed by atoms with Gasteiger partial charge in [0.2, 0.25) is 0 Å². The van der Waals surface area contributed by atoms with Crippen molar-refractivity contribution in [2.75, 3.05) is 14.2 Å². The first-order valence-electron chi connectivity index (χ1n) is 6.63. The van der Waals surface area contributed by atoms with Crippen LogP contribution < -0.4 is 14.8 Å². The molecule has 0 saturated heterocycles. The normalized spacial score (nSPS) is 11.7. The maximum absolute atomic E-state index is 12.2. The fraction of sp³-hybridized carbons (Fsp3) is 0.467. The van der Waals surface area contributed by atoms with Gasteiger partial charge in [-0.15, -0.1) is 0 Å². The number of hydrogen-bond acceptors (Lipinski definition) is 5. The molecule has 1 N–H and O–H groups in total. The highest BCUT2D eigenvalue weighted by atomic mass is 16.6. The quantitative estimate of drug-likeness (QED) is 0.810. The number of amides is 1. The van der Waals surface area contributed by atoms with Gasteiger partial charge in [-0.25, -0.2) is 4.79 Å². The van der Waals surface area contributed by atoms with Crippen molar-refractivity contribution in [2.45, 2.75) is 32.9 Å². The Hall–Kier alpha value is -2.24. The van der Waals surface area contributed by atoms with Gasteiger partial charge in [0.25, 0.3) is 5.91 Å². The van der Waals surface area contributed by atoms with Crippen molar-refractivity contribution < 1.29 is 23.8 Å². The number of rotatable bonds is 6. The Bertz CT molecular complexity index is 513. The molecule has 1 rings (SSSR count). The summed E-state index contributed by atoms with van der Waals surface area (Å²) in [4.78, 5) is 23.9. The lowest BCUT2D eigenvalue weighted by molar-refractivity contribution is -0.129. The molecule has 0 aliphatic carbocycles. The first-order chi connectivity index (χ1) is 9.90. The van der Waals surface area contributed by atoms with Crippen LogP contribution in [0.2, 0.25) is 0 Å². The van der Waals surface area contributed by atoms with Gasteiger partial charge in [-0.2, -0.15) is 0 Å². The molecule has 1 amide bonds. The second-order valence-corrected chi connectivity index (χ2v) is 4.75. The minimum atomic E-state index is -0.893. The summed E-state index contributed by atoms with van der Waals surface area (Å²) in [7, 11) is 2.91. The zero-order chi connectivity index (χ0) is 16.0. The third kappa shape index (κ3) is 4.37. The van der Waals surface area contributed by atoms with Gasteiger partial charge in [0, 0.05) is 6.04 Å². The zero-order valence-electron chi connectivity index (χ0n) is 12.9. The number of carbonyl (C=O) groups is 2. The van der Waals surface area contributed by atoms with E-state index in [0.29, 0.717) is 5.75 Å². The van der Waals surface area contributed by atoms with Gasteiger partial charge in [-0.1, -0.05) is 6.07 Å². The van der Waals surface area contributed by atoms with Crippen molar-refractivity contribution in [2.24, 2.45) is 0 Å². The molecule has 0 fully saturated rings. The summed E-state index contributed by atoms with van der Waals surface area (Å²) in [6.45, 7) is 5.18. The summed E-state index contributed by atoms with van der Waals surface area (Å²) in [6.07, 6.45) is -0.893. The molecule has 1 atom stereocenters. The van der Waals surface area contributed by atoms with Crippen molar-refractivity contribution in [3.05, 3.63) is 23.8 Å². The first kappa shape index (κ1) is 16.8. The molecular weight excluding hydrogens is 274 g/mol. The molecule has 1 aromatic carbocycles. The largest absolute Gasteiger partial charge is 0.493 e. The summed E-state index contributed by atoms with van der Waals surface area (Å²) >= 11 is 0. The third-order valence-corrected chi connectivity index (χ3v) is 2.71. The van der Waals surface area contributed by atoms with Crippen LogP contribution >= 0.6 is 0 Å². The van der Waals surface area contributed by atoms with E-state index in [9.17, 15) is 9.59 Å². The van der Waals surface area contributed by atoms with Gasteiger partial charge in [-0.3, -0.25) is 4.79 Å². The van der Waals surface area contributed by atoms with Crippen LogP contribution in [0.5, 0.6) is 11.5 Å². The Balaban J connectivity index is 2.87. The third-order valence-electron chi connectivity index (χ3n) is 2.71. The van der Waals surface area contributed by atoms with Crippen LogP contribution in [0, 0.1) is 0 Å². The topological polar surface area (TPSA) is 73.9 Å². The molecule has 0 aromatic heterocycles. The summed E-state index contributed by atoms with van der Waals surface area (Å²) in [6, 6.07) is 4.85. The van der Waals surface area contributed by atoms with Crippen LogP contribution in [0.3, 0.4) is 0 Å². The number of methoxy groups -OCH3 is 2. The van der Waals surface area contributed by atoms with Gasteiger partial charge in [0.05, 0.1) is 14.2 Å². The molecule has 6 heteroatoms. The Morgan fingerprint density at radius 3 is 2.29 bits per heavy atom. The van der Waals surface area contributed by atoms with Gasteiger partial charge in [-0.05, 0) is 32.9 Å². The predicted molar refractivity (Wildman–Crippen MR) is 77.7 cm³/mol. The van der Waals surface area contributed by atoms with Gasteiger partial charge in [0.1, 0.15) is 5.56 Å². The SMILES string of the molecule is COc1cccc(C(=O)OC(C)C(=O)NC(C)C)c1OC.